The molecule has 0 bridgehead atoms. The number of carbonyl (C=O) groups is 1. The molecule has 2 heterocycles. The van der Waals surface area contributed by atoms with Gasteiger partial charge in [0.15, 0.2) is 0 Å². The Morgan fingerprint density at radius 3 is 2.39 bits per heavy atom. The number of nitrogens with one attached hydrogen (secondary N) is 1. The summed E-state index contributed by atoms with van der Waals surface area (Å²) in [6.45, 7) is 6.23. The average molecular weight is 316 g/mol. The average Bonchev–Trinajstić information content (AvgIpc) is 2.59. The van der Waals surface area contributed by atoms with E-state index in [0.29, 0.717) is 0 Å². The summed E-state index contributed by atoms with van der Waals surface area (Å²) in [4.78, 5) is 23.4. The molecule has 126 valence electrons. The molecule has 0 atom stereocenters. The maximum absolute atomic E-state index is 12.6. The van der Waals surface area contributed by atoms with Gasteiger partial charge in [-0.15, -0.1) is 0 Å². The highest BCUT2D eigenvalue weighted by Crippen LogP contribution is 2.32. The Morgan fingerprint density at radius 2 is 1.78 bits per heavy atom. The van der Waals surface area contributed by atoms with Crippen molar-refractivity contribution in [1.29, 1.82) is 0 Å². The van der Waals surface area contributed by atoms with Crippen LogP contribution in [0.3, 0.4) is 0 Å². The zero-order chi connectivity index (χ0) is 16.3. The summed E-state index contributed by atoms with van der Waals surface area (Å²) in [7, 11) is 0. The first-order valence-corrected chi connectivity index (χ1v) is 8.90. The molecule has 2 fully saturated rings. The number of anilines is 1. The van der Waals surface area contributed by atoms with Crippen molar-refractivity contribution in [3.8, 4) is 0 Å². The van der Waals surface area contributed by atoms with Gasteiger partial charge in [-0.2, -0.15) is 0 Å². The first kappa shape index (κ1) is 16.2. The molecular weight excluding hydrogens is 288 g/mol. The van der Waals surface area contributed by atoms with Crippen LogP contribution >= 0.6 is 0 Å². The van der Waals surface area contributed by atoms with E-state index in [1.165, 1.54) is 12.8 Å². The van der Waals surface area contributed by atoms with Crippen LogP contribution in [0, 0.1) is 11.8 Å². The van der Waals surface area contributed by atoms with Crippen LogP contribution in [0.1, 0.15) is 52.4 Å². The fourth-order valence-electron chi connectivity index (χ4n) is 3.72. The zero-order valence-electron chi connectivity index (χ0n) is 14.3. The number of hydrogen-bond acceptors (Lipinski definition) is 4. The molecule has 0 radical (unpaired) electrons. The molecule has 5 heteroatoms. The van der Waals surface area contributed by atoms with E-state index in [9.17, 15) is 4.79 Å². The molecule has 0 unspecified atom stereocenters. The van der Waals surface area contributed by atoms with Crippen LogP contribution < -0.4 is 10.2 Å². The SMILES string of the molecule is CC1CCC(C)(NC(=O)C2CCN(c3ncccn3)CC2)CC1. The Kier molecular flexibility index (Phi) is 4.83. The highest BCUT2D eigenvalue weighted by Gasteiger charge is 2.34. The minimum absolute atomic E-state index is 0.00324. The molecule has 1 aliphatic carbocycles. The molecule has 3 rings (SSSR count). The second kappa shape index (κ2) is 6.85. The van der Waals surface area contributed by atoms with E-state index in [2.05, 4.69) is 34.0 Å². The predicted molar refractivity (Wildman–Crippen MR) is 91.1 cm³/mol. The van der Waals surface area contributed by atoms with Crippen molar-refractivity contribution in [2.45, 2.75) is 57.9 Å². The van der Waals surface area contributed by atoms with Gasteiger partial charge in [-0.05, 0) is 57.4 Å². The van der Waals surface area contributed by atoms with Gasteiger partial charge < -0.3 is 10.2 Å². The van der Waals surface area contributed by atoms with Crippen molar-refractivity contribution < 1.29 is 4.79 Å². The van der Waals surface area contributed by atoms with Gasteiger partial charge in [0.05, 0.1) is 0 Å². The molecular formula is C18H28N4O. The van der Waals surface area contributed by atoms with Crippen molar-refractivity contribution in [3.05, 3.63) is 18.5 Å². The van der Waals surface area contributed by atoms with Gasteiger partial charge in [-0.3, -0.25) is 4.79 Å². The summed E-state index contributed by atoms with van der Waals surface area (Å²) in [5, 5.41) is 3.35. The van der Waals surface area contributed by atoms with Crippen molar-refractivity contribution in [2.24, 2.45) is 11.8 Å². The van der Waals surface area contributed by atoms with Crippen LogP contribution in [-0.4, -0.2) is 34.5 Å². The van der Waals surface area contributed by atoms with E-state index in [4.69, 9.17) is 0 Å². The molecule has 1 N–H and O–H groups in total. The number of nitrogens with zero attached hydrogens (tertiary/aromatic N) is 3. The van der Waals surface area contributed by atoms with E-state index in [1.807, 2.05) is 6.07 Å². The molecule has 0 spiro atoms. The first-order valence-electron chi connectivity index (χ1n) is 8.90. The summed E-state index contributed by atoms with van der Waals surface area (Å²) in [6.07, 6.45) is 9.97. The molecule has 5 nitrogen and oxygen atoms in total. The highest BCUT2D eigenvalue weighted by atomic mass is 16.2. The molecule has 2 aliphatic rings. The Morgan fingerprint density at radius 1 is 1.17 bits per heavy atom. The molecule has 1 aromatic heterocycles. The topological polar surface area (TPSA) is 58.1 Å². The Bertz CT molecular complexity index is 517. The summed E-state index contributed by atoms with van der Waals surface area (Å²) in [5.74, 6) is 1.95. The molecule has 1 saturated heterocycles. The number of amides is 1. The summed E-state index contributed by atoms with van der Waals surface area (Å²) >= 11 is 0. The molecule has 1 saturated carbocycles. The lowest BCUT2D eigenvalue weighted by molar-refractivity contribution is -0.127. The van der Waals surface area contributed by atoms with Crippen LogP contribution in [0.4, 0.5) is 5.95 Å². The summed E-state index contributed by atoms with van der Waals surface area (Å²) in [6, 6.07) is 1.83. The molecule has 1 aromatic rings. The normalized spacial score (nSPS) is 29.3. The quantitative estimate of drug-likeness (QED) is 0.931. The third kappa shape index (κ3) is 4.01. The van der Waals surface area contributed by atoms with Crippen LogP contribution in [0.2, 0.25) is 0 Å². The molecule has 1 amide bonds. The van der Waals surface area contributed by atoms with Gasteiger partial charge >= 0.3 is 0 Å². The van der Waals surface area contributed by atoms with Crippen molar-refractivity contribution in [2.75, 3.05) is 18.0 Å². The Balaban J connectivity index is 1.50. The van der Waals surface area contributed by atoms with Crippen LogP contribution in [0.25, 0.3) is 0 Å². The third-order valence-electron chi connectivity index (χ3n) is 5.50. The second-order valence-corrected chi connectivity index (χ2v) is 7.54. The van der Waals surface area contributed by atoms with Crippen LogP contribution in [0.15, 0.2) is 18.5 Å². The number of rotatable bonds is 3. The second-order valence-electron chi connectivity index (χ2n) is 7.54. The Hall–Kier alpha value is -1.65. The van der Waals surface area contributed by atoms with Crippen molar-refractivity contribution in [1.82, 2.24) is 15.3 Å². The molecule has 1 aliphatic heterocycles. The van der Waals surface area contributed by atoms with Crippen LogP contribution in [0.5, 0.6) is 0 Å². The van der Waals surface area contributed by atoms with Gasteiger partial charge in [-0.1, -0.05) is 6.92 Å². The van der Waals surface area contributed by atoms with Gasteiger partial charge in [0.25, 0.3) is 0 Å². The third-order valence-corrected chi connectivity index (χ3v) is 5.50. The lowest BCUT2D eigenvalue weighted by Gasteiger charge is -2.39. The van der Waals surface area contributed by atoms with E-state index in [1.54, 1.807) is 12.4 Å². The molecule has 0 aromatic carbocycles. The fourth-order valence-corrected chi connectivity index (χ4v) is 3.72. The van der Waals surface area contributed by atoms with Crippen molar-refractivity contribution >= 4 is 11.9 Å². The first-order chi connectivity index (χ1) is 11.1. The zero-order valence-corrected chi connectivity index (χ0v) is 14.3. The monoisotopic (exact) mass is 316 g/mol. The largest absolute Gasteiger partial charge is 0.351 e. The Labute approximate surface area is 138 Å². The fraction of sp³-hybridized carbons (Fsp3) is 0.722. The predicted octanol–water partition coefficient (Wildman–Crippen LogP) is 2.78. The van der Waals surface area contributed by atoms with E-state index >= 15 is 0 Å². The van der Waals surface area contributed by atoms with Gasteiger partial charge in [-0.25, -0.2) is 9.97 Å². The van der Waals surface area contributed by atoms with Crippen LogP contribution in [-0.2, 0) is 4.79 Å². The van der Waals surface area contributed by atoms with E-state index in [0.717, 1.165) is 50.6 Å². The van der Waals surface area contributed by atoms with Gasteiger partial charge in [0, 0.05) is 36.9 Å². The number of hydrogen-bond donors (Lipinski definition) is 1. The van der Waals surface area contributed by atoms with Gasteiger partial charge in [0.2, 0.25) is 11.9 Å². The maximum Gasteiger partial charge on any atom is 0.225 e. The minimum atomic E-state index is 0.00324. The standard InChI is InChI=1S/C18H28N4O/c1-14-4-8-18(2,9-5-14)21-16(23)15-6-12-22(13-7-15)17-19-10-3-11-20-17/h3,10-11,14-15H,4-9,12-13H2,1-2H3,(H,21,23). The van der Waals surface area contributed by atoms with E-state index < -0.39 is 0 Å². The minimum Gasteiger partial charge on any atom is -0.351 e. The summed E-state index contributed by atoms with van der Waals surface area (Å²) in [5.41, 5.74) is 0.00324. The number of aromatic nitrogens is 2. The highest BCUT2D eigenvalue weighted by molar-refractivity contribution is 5.79. The van der Waals surface area contributed by atoms with Gasteiger partial charge in [0.1, 0.15) is 0 Å². The number of carbonyl (C=O) groups excluding carboxylic acids is 1. The van der Waals surface area contributed by atoms with Crippen molar-refractivity contribution in [3.63, 3.8) is 0 Å². The van der Waals surface area contributed by atoms with E-state index in [-0.39, 0.29) is 17.4 Å². The smallest absolute Gasteiger partial charge is 0.225 e. The number of piperidine rings is 1. The maximum atomic E-state index is 12.6. The lowest BCUT2D eigenvalue weighted by atomic mass is 9.78. The molecule has 23 heavy (non-hydrogen) atoms. The summed E-state index contributed by atoms with van der Waals surface area (Å²) < 4.78 is 0. The lowest BCUT2D eigenvalue weighted by Crippen LogP contribution is -2.51.